The number of aliphatic hydroxyl groups excluding tert-OH is 2. The maximum Gasteiger partial charge on any atom is 0.0662 e. The first kappa shape index (κ1) is 11.6. The highest BCUT2D eigenvalue weighted by Gasteiger charge is 1.65. The van der Waals surface area contributed by atoms with Crippen LogP contribution in [-0.4, -0.2) is 43.7 Å². The fourth-order valence-electron chi connectivity index (χ4n) is 0.118. The molecule has 0 aromatic heterocycles. The number of hydrogen-bond donors (Lipinski definition) is 3. The predicted molar refractivity (Wildman–Crippen MR) is 35.1 cm³/mol. The predicted octanol–water partition coefficient (Wildman–Crippen LogP) is -1.44. The summed E-state index contributed by atoms with van der Waals surface area (Å²) in [5, 5.41) is 15.2. The van der Waals surface area contributed by atoms with Gasteiger partial charge in [0, 0.05) is 13.7 Å². The van der Waals surface area contributed by atoms with E-state index in [2.05, 4.69) is 4.74 Å². The summed E-state index contributed by atoms with van der Waals surface area (Å²) in [5.41, 5.74) is 5.01. The van der Waals surface area contributed by atoms with E-state index in [4.69, 9.17) is 15.9 Å². The van der Waals surface area contributed by atoms with Crippen LogP contribution in [0.4, 0.5) is 0 Å². The van der Waals surface area contributed by atoms with Crippen molar-refractivity contribution >= 4 is 0 Å². The zero-order valence-corrected chi connectivity index (χ0v) is 5.71. The largest absolute Gasteiger partial charge is 0.394 e. The Morgan fingerprint density at radius 2 is 1.78 bits per heavy atom. The van der Waals surface area contributed by atoms with Gasteiger partial charge < -0.3 is 20.7 Å². The fraction of sp³-hybridized carbons (Fsp3) is 1.00. The van der Waals surface area contributed by atoms with Crippen LogP contribution < -0.4 is 5.73 Å². The number of aliphatic hydroxyl groups is 2. The van der Waals surface area contributed by atoms with E-state index in [-0.39, 0.29) is 13.2 Å². The molecule has 0 saturated heterocycles. The van der Waals surface area contributed by atoms with Gasteiger partial charge in [0.1, 0.15) is 0 Å². The van der Waals surface area contributed by atoms with E-state index in [1.807, 2.05) is 0 Å². The quantitative estimate of drug-likeness (QED) is 0.445. The summed E-state index contributed by atoms with van der Waals surface area (Å²) in [5.74, 6) is 0. The van der Waals surface area contributed by atoms with Crippen LogP contribution in [0.5, 0.6) is 0 Å². The lowest BCUT2D eigenvalue weighted by atomic mass is 10.7. The molecule has 0 heterocycles. The molecule has 0 fully saturated rings. The minimum absolute atomic E-state index is 0.125. The molecule has 0 rings (SSSR count). The molecule has 0 atom stereocenters. The van der Waals surface area contributed by atoms with E-state index in [0.717, 1.165) is 0 Å². The molecule has 4 nitrogen and oxygen atoms in total. The van der Waals surface area contributed by atoms with Gasteiger partial charge in [-0.25, -0.2) is 0 Å². The van der Waals surface area contributed by atoms with Gasteiger partial charge in [0.25, 0.3) is 0 Å². The lowest BCUT2D eigenvalue weighted by Gasteiger charge is -1.85. The lowest BCUT2D eigenvalue weighted by molar-refractivity contribution is 0.186. The fourth-order valence-corrected chi connectivity index (χ4v) is 0.118. The van der Waals surface area contributed by atoms with Gasteiger partial charge in [0.15, 0.2) is 0 Å². The second-order valence-corrected chi connectivity index (χ2v) is 1.23. The van der Waals surface area contributed by atoms with Crippen molar-refractivity contribution in [1.82, 2.24) is 0 Å². The van der Waals surface area contributed by atoms with E-state index < -0.39 is 0 Å². The highest BCUT2D eigenvalue weighted by atomic mass is 16.5. The topological polar surface area (TPSA) is 75.7 Å². The molecule has 0 radical (unpaired) electrons. The van der Waals surface area contributed by atoms with Crippen molar-refractivity contribution in [2.75, 3.05) is 33.5 Å². The summed E-state index contributed by atoms with van der Waals surface area (Å²) in [6.45, 7) is 1.04. The highest BCUT2D eigenvalue weighted by molar-refractivity contribution is 4.22. The van der Waals surface area contributed by atoms with Crippen molar-refractivity contribution in [2.45, 2.75) is 0 Å². The second-order valence-electron chi connectivity index (χ2n) is 1.23. The highest BCUT2D eigenvalue weighted by Crippen LogP contribution is 1.53. The monoisotopic (exact) mass is 137 g/mol. The van der Waals surface area contributed by atoms with Crippen molar-refractivity contribution < 1.29 is 14.9 Å². The number of methoxy groups -OCH3 is 1. The SMILES string of the molecule is COCCN.OCCO. The van der Waals surface area contributed by atoms with Crippen LogP contribution in [0.15, 0.2) is 0 Å². The molecular formula is C5H15NO3. The molecule has 0 aromatic rings. The normalized spacial score (nSPS) is 8.00. The van der Waals surface area contributed by atoms with Crippen LogP contribution in [0.2, 0.25) is 0 Å². The molecule has 0 aliphatic rings. The molecule has 9 heavy (non-hydrogen) atoms. The number of hydrogen-bond acceptors (Lipinski definition) is 4. The average Bonchev–Trinajstić information content (AvgIpc) is 1.91. The molecule has 58 valence electrons. The second kappa shape index (κ2) is 15.7. The standard InChI is InChI=1S/C3H9NO.C2H6O2/c1-5-3-2-4;3-1-2-4/h2-4H2,1H3;3-4H,1-2H2. The van der Waals surface area contributed by atoms with Gasteiger partial charge in [-0.2, -0.15) is 0 Å². The Kier molecular flexibility index (Phi) is 20.2. The summed E-state index contributed by atoms with van der Waals surface area (Å²) in [4.78, 5) is 0. The third kappa shape index (κ3) is 33.2. The Morgan fingerprint density at radius 1 is 1.33 bits per heavy atom. The molecule has 0 aliphatic heterocycles. The van der Waals surface area contributed by atoms with Crippen molar-refractivity contribution in [3.8, 4) is 0 Å². The Bertz CT molecular complexity index is 31.4. The smallest absolute Gasteiger partial charge is 0.0662 e. The zero-order valence-electron chi connectivity index (χ0n) is 5.71. The van der Waals surface area contributed by atoms with Gasteiger partial charge in [-0.1, -0.05) is 0 Å². The van der Waals surface area contributed by atoms with Gasteiger partial charge in [0.2, 0.25) is 0 Å². The molecule has 0 saturated carbocycles. The minimum atomic E-state index is -0.125. The molecule has 0 amide bonds. The van der Waals surface area contributed by atoms with Crippen LogP contribution >= 0.6 is 0 Å². The minimum Gasteiger partial charge on any atom is -0.394 e. The summed E-state index contributed by atoms with van der Waals surface area (Å²) >= 11 is 0. The summed E-state index contributed by atoms with van der Waals surface area (Å²) in [6, 6.07) is 0. The van der Waals surface area contributed by atoms with Gasteiger partial charge in [0.05, 0.1) is 19.8 Å². The van der Waals surface area contributed by atoms with Crippen LogP contribution in [0, 0.1) is 0 Å². The van der Waals surface area contributed by atoms with E-state index in [1.165, 1.54) is 0 Å². The van der Waals surface area contributed by atoms with Crippen molar-refractivity contribution in [3.05, 3.63) is 0 Å². The van der Waals surface area contributed by atoms with Crippen LogP contribution in [0.1, 0.15) is 0 Å². The van der Waals surface area contributed by atoms with E-state index in [9.17, 15) is 0 Å². The first-order valence-corrected chi connectivity index (χ1v) is 2.74. The number of nitrogens with two attached hydrogens (primary N) is 1. The van der Waals surface area contributed by atoms with Crippen molar-refractivity contribution in [3.63, 3.8) is 0 Å². The van der Waals surface area contributed by atoms with E-state index in [0.29, 0.717) is 13.2 Å². The molecule has 0 aromatic carbocycles. The molecule has 4 N–H and O–H groups in total. The van der Waals surface area contributed by atoms with Gasteiger partial charge in [-0.15, -0.1) is 0 Å². The Morgan fingerprint density at radius 3 is 1.78 bits per heavy atom. The number of rotatable bonds is 3. The lowest BCUT2D eigenvalue weighted by Crippen LogP contribution is -2.05. The van der Waals surface area contributed by atoms with Gasteiger partial charge >= 0.3 is 0 Å². The first-order chi connectivity index (χ1) is 4.33. The Hall–Kier alpha value is -0.160. The summed E-state index contributed by atoms with van der Waals surface area (Å²) in [6.07, 6.45) is 0. The van der Waals surface area contributed by atoms with Gasteiger partial charge in [-0.05, 0) is 0 Å². The third-order valence-electron chi connectivity index (χ3n) is 0.422. The average molecular weight is 137 g/mol. The zero-order chi connectivity index (χ0) is 7.54. The van der Waals surface area contributed by atoms with Crippen molar-refractivity contribution in [1.29, 1.82) is 0 Å². The van der Waals surface area contributed by atoms with Crippen LogP contribution in [0.25, 0.3) is 0 Å². The molecule has 0 bridgehead atoms. The van der Waals surface area contributed by atoms with Crippen molar-refractivity contribution in [2.24, 2.45) is 5.73 Å². The molecule has 4 heteroatoms. The Labute approximate surface area is 55.2 Å². The van der Waals surface area contributed by atoms with E-state index >= 15 is 0 Å². The summed E-state index contributed by atoms with van der Waals surface area (Å²) in [7, 11) is 1.63. The molecule has 0 aliphatic carbocycles. The first-order valence-electron chi connectivity index (χ1n) is 2.74. The third-order valence-corrected chi connectivity index (χ3v) is 0.422. The van der Waals surface area contributed by atoms with Gasteiger partial charge in [-0.3, -0.25) is 0 Å². The van der Waals surface area contributed by atoms with Crippen LogP contribution in [-0.2, 0) is 4.74 Å². The maximum absolute atomic E-state index is 7.62. The molecule has 0 unspecified atom stereocenters. The van der Waals surface area contributed by atoms with E-state index in [1.54, 1.807) is 7.11 Å². The summed E-state index contributed by atoms with van der Waals surface area (Å²) < 4.78 is 4.57. The number of ether oxygens (including phenoxy) is 1. The molecule has 0 spiro atoms. The van der Waals surface area contributed by atoms with Crippen LogP contribution in [0.3, 0.4) is 0 Å². The maximum atomic E-state index is 7.62. The Balaban J connectivity index is 0. The molecular weight excluding hydrogens is 122 g/mol.